The van der Waals surface area contributed by atoms with Crippen molar-refractivity contribution in [3.63, 3.8) is 0 Å². The molecule has 29 heavy (non-hydrogen) atoms. The van der Waals surface area contributed by atoms with Gasteiger partial charge < -0.3 is 14.9 Å². The van der Waals surface area contributed by atoms with Crippen molar-refractivity contribution in [3.05, 3.63) is 92.5 Å². The highest BCUT2D eigenvalue weighted by atomic mass is 35.5. The van der Waals surface area contributed by atoms with E-state index in [1.54, 1.807) is 18.2 Å². The number of ether oxygens (including phenoxy) is 1. The van der Waals surface area contributed by atoms with Gasteiger partial charge in [-0.25, -0.2) is 4.79 Å². The normalized spacial score (nSPS) is 10.7. The van der Waals surface area contributed by atoms with Crippen LogP contribution in [0.25, 0.3) is 0 Å². The van der Waals surface area contributed by atoms with Crippen LogP contribution in [0.1, 0.15) is 27.8 Å². The highest BCUT2D eigenvalue weighted by Crippen LogP contribution is 2.33. The molecule has 0 amide bonds. The Labute approximate surface area is 179 Å². The summed E-state index contributed by atoms with van der Waals surface area (Å²) < 4.78 is 5.14. The molecule has 3 rings (SSSR count). The lowest BCUT2D eigenvalue weighted by Gasteiger charge is -2.12. The van der Waals surface area contributed by atoms with E-state index in [0.29, 0.717) is 34.2 Å². The summed E-state index contributed by atoms with van der Waals surface area (Å²) in [6.45, 7) is 1.57. The lowest BCUT2D eigenvalue weighted by molar-refractivity contribution is -0.139. The van der Waals surface area contributed by atoms with E-state index in [4.69, 9.17) is 33.0 Å². The van der Waals surface area contributed by atoms with Crippen molar-refractivity contribution >= 4 is 29.2 Å². The van der Waals surface area contributed by atoms with Gasteiger partial charge in [-0.1, -0.05) is 65.2 Å². The second kappa shape index (κ2) is 9.21. The van der Waals surface area contributed by atoms with Crippen molar-refractivity contribution in [3.8, 4) is 11.5 Å². The van der Waals surface area contributed by atoms with Gasteiger partial charge in [-0.2, -0.15) is 0 Å². The van der Waals surface area contributed by atoms with E-state index in [0.717, 1.165) is 16.7 Å². The topological polar surface area (TPSA) is 66.8 Å². The van der Waals surface area contributed by atoms with Crippen LogP contribution >= 0.6 is 23.2 Å². The number of hydrogen-bond donors (Lipinski definition) is 2. The van der Waals surface area contributed by atoms with E-state index in [1.807, 2.05) is 43.3 Å². The molecular formula is C23H20Cl2O4. The van der Waals surface area contributed by atoms with Crippen LogP contribution < -0.4 is 4.74 Å². The fraction of sp³-hybridized carbons (Fsp3) is 0.174. The first-order chi connectivity index (χ1) is 13.8. The first-order valence-electron chi connectivity index (χ1n) is 9.00. The highest BCUT2D eigenvalue weighted by Gasteiger charge is 2.12. The maximum Gasteiger partial charge on any atom is 0.341 e. The number of aromatic hydroxyl groups is 1. The molecule has 0 heterocycles. The monoisotopic (exact) mass is 430 g/mol. The largest absolute Gasteiger partial charge is 0.508 e. The van der Waals surface area contributed by atoms with Crippen LogP contribution in [-0.2, 0) is 17.6 Å². The highest BCUT2D eigenvalue weighted by molar-refractivity contribution is 6.36. The van der Waals surface area contributed by atoms with E-state index in [9.17, 15) is 9.90 Å². The minimum Gasteiger partial charge on any atom is -0.508 e. The molecule has 3 aromatic carbocycles. The summed E-state index contributed by atoms with van der Waals surface area (Å²) >= 11 is 12.7. The van der Waals surface area contributed by atoms with Crippen molar-refractivity contribution in [2.45, 2.75) is 19.8 Å². The van der Waals surface area contributed by atoms with Crippen LogP contribution in [0.5, 0.6) is 11.5 Å². The maximum atomic E-state index is 10.6. The molecule has 0 spiro atoms. The predicted octanol–water partition coefficient (Wildman–Crippen LogP) is 5.65. The third-order valence-electron chi connectivity index (χ3n) is 4.52. The molecule has 0 aromatic heterocycles. The van der Waals surface area contributed by atoms with Crippen LogP contribution in [0, 0.1) is 6.92 Å². The molecule has 0 bridgehead atoms. The number of phenols is 1. The SMILES string of the molecule is Cc1ccc(Cc2cc(Cc3c(Cl)cc(OCC(=O)O)cc3Cl)ccc2O)cc1. The van der Waals surface area contributed by atoms with Gasteiger partial charge in [0.25, 0.3) is 0 Å². The van der Waals surface area contributed by atoms with Gasteiger partial charge in [-0.3, -0.25) is 0 Å². The van der Waals surface area contributed by atoms with Gasteiger partial charge in [0.05, 0.1) is 0 Å². The van der Waals surface area contributed by atoms with Crippen LogP contribution in [0.15, 0.2) is 54.6 Å². The Kier molecular flexibility index (Phi) is 6.68. The van der Waals surface area contributed by atoms with E-state index >= 15 is 0 Å². The Morgan fingerprint density at radius 2 is 1.55 bits per heavy atom. The summed E-state index contributed by atoms with van der Waals surface area (Å²) in [7, 11) is 0. The molecule has 0 unspecified atom stereocenters. The lowest BCUT2D eigenvalue weighted by atomic mass is 9.98. The molecule has 0 atom stereocenters. The Morgan fingerprint density at radius 3 is 2.17 bits per heavy atom. The summed E-state index contributed by atoms with van der Waals surface area (Å²) in [5.41, 5.74) is 4.78. The predicted molar refractivity (Wildman–Crippen MR) is 114 cm³/mol. The molecule has 150 valence electrons. The number of aliphatic carboxylic acids is 1. The Bertz CT molecular complexity index is 1010. The Balaban J connectivity index is 1.81. The number of halogens is 2. The number of carboxylic acid groups (broad SMARTS) is 1. The molecule has 0 saturated carbocycles. The van der Waals surface area contributed by atoms with Gasteiger partial charge in [0, 0.05) is 22.9 Å². The molecule has 6 heteroatoms. The average molecular weight is 431 g/mol. The van der Waals surface area contributed by atoms with Crippen LogP contribution in [0.3, 0.4) is 0 Å². The number of aryl methyl sites for hydroxylation is 1. The second-order valence-corrected chi connectivity index (χ2v) is 7.66. The molecule has 3 aromatic rings. The maximum absolute atomic E-state index is 10.6. The number of rotatable bonds is 7. The summed E-state index contributed by atoms with van der Waals surface area (Å²) in [5, 5.41) is 19.8. The van der Waals surface area contributed by atoms with Gasteiger partial charge in [0.15, 0.2) is 6.61 Å². The number of hydrogen-bond acceptors (Lipinski definition) is 3. The summed E-state index contributed by atoms with van der Waals surface area (Å²) in [6, 6.07) is 16.7. The Morgan fingerprint density at radius 1 is 0.931 bits per heavy atom. The Hall–Kier alpha value is -2.69. The number of carbonyl (C=O) groups is 1. The molecule has 0 radical (unpaired) electrons. The molecule has 0 saturated heterocycles. The third kappa shape index (κ3) is 5.66. The molecule has 4 nitrogen and oxygen atoms in total. The van der Waals surface area contributed by atoms with Crippen LogP contribution in [0.2, 0.25) is 10.0 Å². The average Bonchev–Trinajstić information content (AvgIpc) is 2.67. The fourth-order valence-electron chi connectivity index (χ4n) is 3.00. The van der Waals surface area contributed by atoms with Gasteiger partial charge in [0.2, 0.25) is 0 Å². The molecule has 0 aliphatic heterocycles. The molecule has 2 N–H and O–H groups in total. The number of benzene rings is 3. The molecule has 0 fully saturated rings. The van der Waals surface area contributed by atoms with Gasteiger partial charge in [-0.05, 0) is 47.4 Å². The van der Waals surface area contributed by atoms with Gasteiger partial charge >= 0.3 is 5.97 Å². The third-order valence-corrected chi connectivity index (χ3v) is 5.19. The zero-order valence-corrected chi connectivity index (χ0v) is 17.3. The summed E-state index contributed by atoms with van der Waals surface area (Å²) in [6.07, 6.45) is 1.08. The number of carboxylic acids is 1. The zero-order chi connectivity index (χ0) is 21.0. The van der Waals surface area contributed by atoms with Crippen molar-refractivity contribution < 1.29 is 19.7 Å². The quantitative estimate of drug-likeness (QED) is 0.507. The standard InChI is InChI=1S/C23H20Cl2O4/c1-14-2-4-15(5-3-14)8-17-9-16(6-7-22(17)26)10-19-20(24)11-18(12-21(19)25)29-13-23(27)28/h2-7,9,11-12,26H,8,10,13H2,1H3,(H,27,28). The molecular weight excluding hydrogens is 411 g/mol. The minimum atomic E-state index is -1.08. The van der Waals surface area contributed by atoms with Crippen LogP contribution in [0.4, 0.5) is 0 Å². The van der Waals surface area contributed by atoms with E-state index in [1.165, 1.54) is 5.56 Å². The van der Waals surface area contributed by atoms with Crippen molar-refractivity contribution in [1.29, 1.82) is 0 Å². The smallest absolute Gasteiger partial charge is 0.341 e. The second-order valence-electron chi connectivity index (χ2n) is 6.85. The van der Waals surface area contributed by atoms with Gasteiger partial charge in [0.1, 0.15) is 11.5 Å². The zero-order valence-electron chi connectivity index (χ0n) is 15.8. The lowest BCUT2D eigenvalue weighted by Crippen LogP contribution is -2.09. The first-order valence-corrected chi connectivity index (χ1v) is 9.76. The molecule has 0 aliphatic rings. The van der Waals surface area contributed by atoms with Crippen LogP contribution in [-0.4, -0.2) is 22.8 Å². The summed E-state index contributed by atoms with van der Waals surface area (Å²) in [4.78, 5) is 10.6. The molecule has 0 aliphatic carbocycles. The summed E-state index contributed by atoms with van der Waals surface area (Å²) in [5.74, 6) is -0.535. The fourth-order valence-corrected chi connectivity index (χ4v) is 3.60. The van der Waals surface area contributed by atoms with Gasteiger partial charge in [-0.15, -0.1) is 0 Å². The van der Waals surface area contributed by atoms with Crippen molar-refractivity contribution in [2.24, 2.45) is 0 Å². The van der Waals surface area contributed by atoms with Crippen molar-refractivity contribution in [2.75, 3.05) is 6.61 Å². The number of phenolic OH excluding ortho intramolecular Hbond substituents is 1. The van der Waals surface area contributed by atoms with E-state index in [2.05, 4.69) is 0 Å². The van der Waals surface area contributed by atoms with E-state index in [-0.39, 0.29) is 5.75 Å². The van der Waals surface area contributed by atoms with Crippen molar-refractivity contribution in [1.82, 2.24) is 0 Å². The minimum absolute atomic E-state index is 0.240. The van der Waals surface area contributed by atoms with E-state index < -0.39 is 12.6 Å². The first kappa shape index (κ1) is 21.0.